The number of carbonyl (C=O) groups excluding carboxylic acids is 1. The van der Waals surface area contributed by atoms with Crippen molar-refractivity contribution in [2.75, 3.05) is 12.3 Å². The highest BCUT2D eigenvalue weighted by molar-refractivity contribution is 7.85. The van der Waals surface area contributed by atoms with Gasteiger partial charge in [-0.1, -0.05) is 89.0 Å². The number of carbonyl (C=O) groups is 1. The zero-order valence-electron chi connectivity index (χ0n) is 19.1. The van der Waals surface area contributed by atoms with E-state index in [2.05, 4.69) is 36.5 Å². The van der Waals surface area contributed by atoms with Gasteiger partial charge in [-0.05, 0) is 38.5 Å². The van der Waals surface area contributed by atoms with Crippen molar-refractivity contribution in [1.82, 2.24) is 5.32 Å². The van der Waals surface area contributed by atoms with Crippen LogP contribution in [0.1, 0.15) is 110 Å². The second-order valence-corrected chi connectivity index (χ2v) is 9.60. The molecule has 0 radical (unpaired) electrons. The average Bonchev–Trinajstić information content (AvgIpc) is 2.68. The van der Waals surface area contributed by atoms with Crippen LogP contribution >= 0.6 is 0 Å². The molecule has 0 heterocycles. The highest BCUT2D eigenvalue weighted by Gasteiger charge is 2.06. The third-order valence-corrected chi connectivity index (χ3v) is 5.76. The van der Waals surface area contributed by atoms with E-state index in [0.717, 1.165) is 25.7 Å². The van der Waals surface area contributed by atoms with Crippen LogP contribution in [0.25, 0.3) is 0 Å². The minimum absolute atomic E-state index is 0.0242. The highest BCUT2D eigenvalue weighted by Crippen LogP contribution is 2.11. The van der Waals surface area contributed by atoms with Crippen molar-refractivity contribution in [2.45, 2.75) is 110 Å². The Morgan fingerprint density at radius 3 is 1.80 bits per heavy atom. The summed E-state index contributed by atoms with van der Waals surface area (Å²) >= 11 is 0. The van der Waals surface area contributed by atoms with Crippen LogP contribution in [0, 0.1) is 0 Å². The van der Waals surface area contributed by atoms with Crippen LogP contribution < -0.4 is 5.32 Å². The molecule has 0 aromatic carbocycles. The van der Waals surface area contributed by atoms with Crippen molar-refractivity contribution in [3.8, 4) is 0 Å². The molecule has 5 nitrogen and oxygen atoms in total. The summed E-state index contributed by atoms with van der Waals surface area (Å²) in [6.07, 6.45) is 27.7. The molecule has 6 heteroatoms. The van der Waals surface area contributed by atoms with Crippen molar-refractivity contribution in [2.24, 2.45) is 0 Å². The molecule has 0 atom stereocenters. The van der Waals surface area contributed by atoms with Crippen molar-refractivity contribution >= 4 is 16.0 Å². The summed E-state index contributed by atoms with van der Waals surface area (Å²) in [6.45, 7) is 2.21. The Hall–Kier alpha value is -1.14. The molecule has 0 aromatic rings. The molecular formula is C24H45NO4S. The van der Waals surface area contributed by atoms with Gasteiger partial charge in [-0.2, -0.15) is 8.42 Å². The summed E-state index contributed by atoms with van der Waals surface area (Å²) in [5, 5.41) is 2.51. The van der Waals surface area contributed by atoms with E-state index >= 15 is 0 Å². The molecule has 0 aliphatic carbocycles. The van der Waals surface area contributed by atoms with Crippen LogP contribution in [-0.2, 0) is 14.9 Å². The van der Waals surface area contributed by atoms with Gasteiger partial charge in [-0.3, -0.25) is 9.35 Å². The molecule has 0 unspecified atom stereocenters. The fourth-order valence-corrected chi connectivity index (χ4v) is 3.57. The quantitative estimate of drug-likeness (QED) is 0.123. The van der Waals surface area contributed by atoms with Gasteiger partial charge in [0.05, 0.1) is 5.75 Å². The lowest BCUT2D eigenvalue weighted by molar-refractivity contribution is -0.121. The molecule has 176 valence electrons. The molecule has 0 aliphatic rings. The molecule has 0 saturated carbocycles. The maximum atomic E-state index is 11.5. The predicted molar refractivity (Wildman–Crippen MR) is 127 cm³/mol. The molecule has 0 rings (SSSR count). The first-order chi connectivity index (χ1) is 14.5. The Bertz CT molecular complexity index is 556. The van der Waals surface area contributed by atoms with Gasteiger partial charge in [0.1, 0.15) is 0 Å². The molecule has 0 spiro atoms. The van der Waals surface area contributed by atoms with Gasteiger partial charge in [0.2, 0.25) is 5.91 Å². The summed E-state index contributed by atoms with van der Waals surface area (Å²) in [4.78, 5) is 11.5. The third-order valence-electron chi connectivity index (χ3n) is 5.04. The Morgan fingerprint density at radius 2 is 1.27 bits per heavy atom. The second kappa shape index (κ2) is 21.1. The SMILES string of the molecule is CCCCC/C=C\C/C=C\CCCCCCCCCCCC(=O)NCCS(=O)(=O)O. The smallest absolute Gasteiger partial charge is 0.266 e. The number of rotatable bonds is 21. The normalized spacial score (nSPS) is 12.2. The lowest BCUT2D eigenvalue weighted by Crippen LogP contribution is -2.28. The minimum Gasteiger partial charge on any atom is -0.355 e. The summed E-state index contributed by atoms with van der Waals surface area (Å²) in [5.41, 5.74) is 0. The molecule has 2 N–H and O–H groups in total. The summed E-state index contributed by atoms with van der Waals surface area (Å²) in [7, 11) is -3.99. The Labute approximate surface area is 185 Å². The number of nitrogens with one attached hydrogen (secondary N) is 1. The van der Waals surface area contributed by atoms with Gasteiger partial charge >= 0.3 is 0 Å². The minimum atomic E-state index is -3.99. The van der Waals surface area contributed by atoms with Gasteiger partial charge < -0.3 is 5.32 Å². The van der Waals surface area contributed by atoms with Crippen LogP contribution in [0.5, 0.6) is 0 Å². The maximum absolute atomic E-state index is 11.5. The molecule has 30 heavy (non-hydrogen) atoms. The zero-order valence-corrected chi connectivity index (χ0v) is 19.9. The fraction of sp³-hybridized carbons (Fsp3) is 0.792. The second-order valence-electron chi connectivity index (χ2n) is 8.03. The lowest BCUT2D eigenvalue weighted by Gasteiger charge is -2.04. The molecule has 0 aromatic heterocycles. The molecule has 0 fully saturated rings. The summed E-state index contributed by atoms with van der Waals surface area (Å²) in [5.74, 6) is -0.568. The van der Waals surface area contributed by atoms with Gasteiger partial charge in [0.15, 0.2) is 0 Å². The maximum Gasteiger partial charge on any atom is 0.266 e. The molecule has 1 amide bonds. The van der Waals surface area contributed by atoms with E-state index in [1.165, 1.54) is 70.6 Å². The van der Waals surface area contributed by atoms with Gasteiger partial charge in [0, 0.05) is 13.0 Å². The van der Waals surface area contributed by atoms with Gasteiger partial charge in [-0.25, -0.2) is 0 Å². The molecular weight excluding hydrogens is 398 g/mol. The van der Waals surface area contributed by atoms with Crippen molar-refractivity contribution in [1.29, 1.82) is 0 Å². The Morgan fingerprint density at radius 1 is 0.767 bits per heavy atom. The van der Waals surface area contributed by atoms with E-state index in [1.807, 2.05) is 0 Å². The lowest BCUT2D eigenvalue weighted by atomic mass is 10.1. The predicted octanol–water partition coefficient (Wildman–Crippen LogP) is 6.36. The molecule has 0 aliphatic heterocycles. The number of unbranched alkanes of at least 4 members (excludes halogenated alkanes) is 12. The highest BCUT2D eigenvalue weighted by atomic mass is 32.2. The van der Waals surface area contributed by atoms with Crippen LogP contribution in [0.2, 0.25) is 0 Å². The first-order valence-electron chi connectivity index (χ1n) is 12.0. The summed E-state index contributed by atoms with van der Waals surface area (Å²) < 4.78 is 29.7. The third kappa shape index (κ3) is 24.9. The monoisotopic (exact) mass is 443 g/mol. The van der Waals surface area contributed by atoms with E-state index in [4.69, 9.17) is 4.55 Å². The number of hydrogen-bond donors (Lipinski definition) is 2. The number of allylic oxidation sites excluding steroid dienone is 4. The molecule has 0 saturated heterocycles. The van der Waals surface area contributed by atoms with Crippen molar-refractivity contribution in [3.05, 3.63) is 24.3 Å². The van der Waals surface area contributed by atoms with Crippen molar-refractivity contribution < 1.29 is 17.8 Å². The first kappa shape index (κ1) is 28.9. The fourth-order valence-electron chi connectivity index (χ4n) is 3.21. The van der Waals surface area contributed by atoms with Gasteiger partial charge in [-0.15, -0.1) is 0 Å². The van der Waals surface area contributed by atoms with E-state index < -0.39 is 15.9 Å². The first-order valence-corrected chi connectivity index (χ1v) is 13.6. The standard InChI is InChI=1S/C24H45NO4S/c1-2-3-4-5-6-7-8-9-10-11-12-13-14-15-16-17-18-19-20-21-24(26)25-22-23-30(27,28)29/h6-7,9-10H,2-5,8,11-23H2,1H3,(H,25,26)(H,27,28,29)/b7-6-,10-9-. The van der Waals surface area contributed by atoms with Crippen molar-refractivity contribution in [3.63, 3.8) is 0 Å². The average molecular weight is 444 g/mol. The van der Waals surface area contributed by atoms with Crippen LogP contribution in [-0.4, -0.2) is 31.2 Å². The summed E-state index contributed by atoms with van der Waals surface area (Å²) in [6, 6.07) is 0. The van der Waals surface area contributed by atoms with E-state index in [1.54, 1.807) is 0 Å². The Kier molecular flexibility index (Phi) is 20.3. The number of hydrogen-bond acceptors (Lipinski definition) is 3. The topological polar surface area (TPSA) is 83.5 Å². The van der Waals surface area contributed by atoms with E-state index in [-0.39, 0.29) is 12.5 Å². The zero-order chi connectivity index (χ0) is 22.3. The Balaban J connectivity index is 3.27. The van der Waals surface area contributed by atoms with Crippen LogP contribution in [0.4, 0.5) is 0 Å². The largest absolute Gasteiger partial charge is 0.355 e. The van der Waals surface area contributed by atoms with E-state index in [9.17, 15) is 13.2 Å². The van der Waals surface area contributed by atoms with E-state index in [0.29, 0.717) is 6.42 Å². The number of amides is 1. The molecule has 0 bridgehead atoms. The van der Waals surface area contributed by atoms with Crippen LogP contribution in [0.15, 0.2) is 24.3 Å². The van der Waals surface area contributed by atoms with Gasteiger partial charge in [0.25, 0.3) is 10.1 Å². The van der Waals surface area contributed by atoms with Crippen LogP contribution in [0.3, 0.4) is 0 Å².